The third-order valence-corrected chi connectivity index (χ3v) is 5.29. The standard InChI is InChI=1S/C21H20N3O6P/c25-17(11-12-31(28,29)30)19-22-13-16(21(27)24-19)20(26)23-18(14-7-3-1-4-8-14)15-9-5-2-6-10-15/h1-10,13,18H,11-12H2,(H,23,26)(H,22,24,27)(H2,28,29,30). The summed E-state index contributed by atoms with van der Waals surface area (Å²) in [5.74, 6) is -1.78. The lowest BCUT2D eigenvalue weighted by molar-refractivity contribution is 0.0935. The highest BCUT2D eigenvalue weighted by molar-refractivity contribution is 7.51. The number of carbonyl (C=O) groups excluding carboxylic acids is 2. The van der Waals surface area contributed by atoms with Crippen molar-refractivity contribution in [2.75, 3.05) is 6.16 Å². The molecule has 0 spiro atoms. The smallest absolute Gasteiger partial charge is 0.326 e. The van der Waals surface area contributed by atoms with Crippen LogP contribution in [0.15, 0.2) is 71.7 Å². The minimum Gasteiger partial charge on any atom is -0.341 e. The number of amides is 1. The van der Waals surface area contributed by atoms with Crippen molar-refractivity contribution in [3.63, 3.8) is 0 Å². The van der Waals surface area contributed by atoms with Gasteiger partial charge in [-0.1, -0.05) is 60.7 Å². The fraction of sp³-hybridized carbons (Fsp3) is 0.143. The summed E-state index contributed by atoms with van der Waals surface area (Å²) in [4.78, 5) is 60.9. The van der Waals surface area contributed by atoms with E-state index in [2.05, 4.69) is 15.3 Å². The number of aromatic amines is 1. The summed E-state index contributed by atoms with van der Waals surface area (Å²) < 4.78 is 10.9. The summed E-state index contributed by atoms with van der Waals surface area (Å²) in [6, 6.07) is 17.9. The predicted octanol–water partition coefficient (Wildman–Crippen LogP) is 2.04. The number of nitrogens with zero attached hydrogens (tertiary/aromatic N) is 1. The maximum atomic E-state index is 12.8. The molecule has 0 aliphatic rings. The Balaban J connectivity index is 1.82. The van der Waals surface area contributed by atoms with Crippen LogP contribution < -0.4 is 10.9 Å². The molecule has 0 unspecified atom stereocenters. The molecule has 3 aromatic rings. The monoisotopic (exact) mass is 441 g/mol. The zero-order valence-corrected chi connectivity index (χ0v) is 17.2. The fourth-order valence-electron chi connectivity index (χ4n) is 2.92. The van der Waals surface area contributed by atoms with Crippen LogP contribution in [-0.2, 0) is 4.57 Å². The van der Waals surface area contributed by atoms with Gasteiger partial charge in [-0.25, -0.2) is 4.98 Å². The van der Waals surface area contributed by atoms with Gasteiger partial charge in [0.2, 0.25) is 0 Å². The van der Waals surface area contributed by atoms with Crippen molar-refractivity contribution in [1.82, 2.24) is 15.3 Å². The van der Waals surface area contributed by atoms with E-state index in [4.69, 9.17) is 9.79 Å². The topological polar surface area (TPSA) is 149 Å². The van der Waals surface area contributed by atoms with Gasteiger partial charge in [-0.15, -0.1) is 0 Å². The SMILES string of the molecule is O=C(CCP(=O)(O)O)c1ncc(C(=O)NC(c2ccccc2)c2ccccc2)c(=O)[nH]1. The van der Waals surface area contributed by atoms with E-state index in [1.54, 1.807) is 0 Å². The van der Waals surface area contributed by atoms with Crippen LogP contribution >= 0.6 is 7.60 Å². The van der Waals surface area contributed by atoms with Gasteiger partial charge in [0.1, 0.15) is 5.56 Å². The second-order valence-corrected chi connectivity index (χ2v) is 8.54. The van der Waals surface area contributed by atoms with Gasteiger partial charge in [0, 0.05) is 12.6 Å². The van der Waals surface area contributed by atoms with E-state index >= 15 is 0 Å². The Morgan fingerprint density at radius 3 is 2.03 bits per heavy atom. The van der Waals surface area contributed by atoms with Gasteiger partial charge in [-0.2, -0.15) is 0 Å². The van der Waals surface area contributed by atoms with Gasteiger partial charge < -0.3 is 20.1 Å². The van der Waals surface area contributed by atoms with Gasteiger partial charge in [0.25, 0.3) is 11.5 Å². The second-order valence-electron chi connectivity index (χ2n) is 6.76. The molecule has 0 aliphatic heterocycles. The van der Waals surface area contributed by atoms with Gasteiger partial charge in [0.15, 0.2) is 11.6 Å². The minimum atomic E-state index is -4.36. The normalized spacial score (nSPS) is 11.3. The highest BCUT2D eigenvalue weighted by Crippen LogP contribution is 2.35. The first-order valence-corrected chi connectivity index (χ1v) is 11.1. The number of hydrogen-bond acceptors (Lipinski definition) is 5. The highest BCUT2D eigenvalue weighted by atomic mass is 31.2. The van der Waals surface area contributed by atoms with E-state index in [0.29, 0.717) is 0 Å². The van der Waals surface area contributed by atoms with Crippen LogP contribution in [-0.4, -0.2) is 37.6 Å². The van der Waals surface area contributed by atoms with Crippen LogP contribution in [0.5, 0.6) is 0 Å². The molecule has 0 bridgehead atoms. The number of hydrogen-bond donors (Lipinski definition) is 4. The van der Waals surface area contributed by atoms with Crippen molar-refractivity contribution in [1.29, 1.82) is 0 Å². The zero-order chi connectivity index (χ0) is 22.4. The third kappa shape index (κ3) is 6.05. The number of nitrogens with one attached hydrogen (secondary N) is 2. The highest BCUT2D eigenvalue weighted by Gasteiger charge is 2.22. The number of benzene rings is 2. The number of carbonyl (C=O) groups is 2. The van der Waals surface area contributed by atoms with E-state index < -0.39 is 43.5 Å². The maximum Gasteiger partial charge on any atom is 0.326 e. The predicted molar refractivity (Wildman–Crippen MR) is 113 cm³/mol. The molecule has 2 aromatic carbocycles. The molecule has 3 rings (SSSR count). The van der Waals surface area contributed by atoms with E-state index in [0.717, 1.165) is 17.3 Å². The van der Waals surface area contributed by atoms with Gasteiger partial charge in [-0.05, 0) is 11.1 Å². The average molecular weight is 441 g/mol. The van der Waals surface area contributed by atoms with Crippen molar-refractivity contribution in [2.24, 2.45) is 0 Å². The lowest BCUT2D eigenvalue weighted by Crippen LogP contribution is -2.34. The Labute approximate surface area is 177 Å². The lowest BCUT2D eigenvalue weighted by Gasteiger charge is -2.19. The molecule has 1 heterocycles. The van der Waals surface area contributed by atoms with Crippen molar-refractivity contribution < 1.29 is 23.9 Å². The molecule has 9 nitrogen and oxygen atoms in total. The van der Waals surface area contributed by atoms with Crippen LogP contribution in [0.3, 0.4) is 0 Å². The van der Waals surface area contributed by atoms with E-state index in [-0.39, 0.29) is 11.4 Å². The Hall–Kier alpha value is -3.39. The molecule has 1 aromatic heterocycles. The number of aromatic nitrogens is 2. The number of Topliss-reactive ketones (excluding diaryl/α,β-unsaturated/α-hetero) is 1. The zero-order valence-electron chi connectivity index (χ0n) is 16.3. The summed E-state index contributed by atoms with van der Waals surface area (Å²) in [7, 11) is -4.36. The second kappa shape index (κ2) is 9.61. The van der Waals surface area contributed by atoms with Crippen molar-refractivity contribution >= 4 is 19.3 Å². The first-order chi connectivity index (χ1) is 14.7. The van der Waals surface area contributed by atoms with Crippen molar-refractivity contribution in [3.8, 4) is 0 Å². The van der Waals surface area contributed by atoms with Crippen LogP contribution in [0, 0.1) is 0 Å². The molecular weight excluding hydrogens is 421 g/mol. The van der Waals surface area contributed by atoms with Crippen molar-refractivity contribution in [2.45, 2.75) is 12.5 Å². The van der Waals surface area contributed by atoms with Gasteiger partial charge >= 0.3 is 7.60 Å². The summed E-state index contributed by atoms with van der Waals surface area (Å²) in [5, 5.41) is 2.81. The van der Waals surface area contributed by atoms with Crippen LogP contribution in [0.2, 0.25) is 0 Å². The molecule has 0 aliphatic carbocycles. The molecular formula is C21H20N3O6P. The summed E-state index contributed by atoms with van der Waals surface area (Å²) >= 11 is 0. The molecule has 0 atom stereocenters. The average Bonchev–Trinajstić information content (AvgIpc) is 2.76. The third-order valence-electron chi connectivity index (χ3n) is 4.48. The Kier molecular flexibility index (Phi) is 6.91. The summed E-state index contributed by atoms with van der Waals surface area (Å²) in [5.41, 5.74) is 0.515. The van der Waals surface area contributed by atoms with Gasteiger partial charge in [0.05, 0.1) is 12.2 Å². The Morgan fingerprint density at radius 1 is 1.00 bits per heavy atom. The molecule has 10 heteroatoms. The molecule has 4 N–H and O–H groups in total. The fourth-order valence-corrected chi connectivity index (χ4v) is 3.42. The van der Waals surface area contributed by atoms with Gasteiger partial charge in [-0.3, -0.25) is 18.9 Å². The van der Waals surface area contributed by atoms with E-state index in [1.807, 2.05) is 60.7 Å². The molecule has 1 amide bonds. The first kappa shape index (κ1) is 22.3. The quantitative estimate of drug-likeness (QED) is 0.309. The largest absolute Gasteiger partial charge is 0.341 e. The molecule has 31 heavy (non-hydrogen) atoms. The van der Waals surface area contributed by atoms with E-state index in [9.17, 15) is 18.9 Å². The van der Waals surface area contributed by atoms with Crippen LogP contribution in [0.25, 0.3) is 0 Å². The number of H-pyrrole nitrogens is 1. The number of ketones is 1. The Morgan fingerprint density at radius 2 is 1.55 bits per heavy atom. The van der Waals surface area contributed by atoms with Crippen LogP contribution in [0.4, 0.5) is 0 Å². The van der Waals surface area contributed by atoms with E-state index in [1.165, 1.54) is 0 Å². The summed E-state index contributed by atoms with van der Waals surface area (Å²) in [6.45, 7) is 0. The summed E-state index contributed by atoms with van der Waals surface area (Å²) in [6.07, 6.45) is -0.164. The first-order valence-electron chi connectivity index (χ1n) is 9.32. The molecule has 160 valence electrons. The molecule has 0 fully saturated rings. The minimum absolute atomic E-state index is 0.289. The molecule has 0 saturated carbocycles. The van der Waals surface area contributed by atoms with Crippen LogP contribution in [0.1, 0.15) is 44.6 Å². The molecule has 0 saturated heterocycles. The number of rotatable bonds is 8. The van der Waals surface area contributed by atoms with Crippen molar-refractivity contribution in [3.05, 3.63) is 99.7 Å². The molecule has 0 radical (unpaired) electrons. The Bertz CT molecular complexity index is 1130. The maximum absolute atomic E-state index is 12.8. The lowest BCUT2D eigenvalue weighted by atomic mass is 9.98.